The Hall–Kier alpha value is -2.69. The van der Waals surface area contributed by atoms with Crippen LogP contribution in [0.4, 0.5) is 4.39 Å². The maximum Gasteiger partial charge on any atom is 0.271 e. The van der Waals surface area contributed by atoms with Crippen molar-refractivity contribution in [3.63, 3.8) is 0 Å². The van der Waals surface area contributed by atoms with Crippen molar-refractivity contribution in [2.45, 2.75) is 13.3 Å². The van der Waals surface area contributed by atoms with Crippen LogP contribution in [0.3, 0.4) is 0 Å². The molecular weight excluding hydrogens is 271 g/mol. The van der Waals surface area contributed by atoms with E-state index in [-0.39, 0.29) is 11.3 Å². The average Bonchev–Trinajstić information content (AvgIpc) is 2.49. The van der Waals surface area contributed by atoms with Gasteiger partial charge in [-0.3, -0.25) is 4.79 Å². The van der Waals surface area contributed by atoms with Crippen LogP contribution in [0.1, 0.15) is 29.3 Å². The molecule has 0 fully saturated rings. The fourth-order valence-electron chi connectivity index (χ4n) is 1.86. The van der Waals surface area contributed by atoms with E-state index in [9.17, 15) is 14.3 Å². The van der Waals surface area contributed by atoms with Crippen molar-refractivity contribution in [1.29, 1.82) is 0 Å². The highest BCUT2D eigenvalue weighted by Crippen LogP contribution is 2.17. The number of carbonyl (C=O) groups is 1. The van der Waals surface area contributed by atoms with Crippen molar-refractivity contribution in [2.75, 3.05) is 0 Å². The lowest BCUT2D eigenvalue weighted by molar-refractivity contribution is 0.0954. The van der Waals surface area contributed by atoms with Gasteiger partial charge in [-0.25, -0.2) is 9.82 Å². The number of amides is 1. The van der Waals surface area contributed by atoms with Gasteiger partial charge < -0.3 is 5.11 Å². The van der Waals surface area contributed by atoms with Gasteiger partial charge in [0.2, 0.25) is 0 Å². The zero-order chi connectivity index (χ0) is 15.2. The number of rotatable bonds is 4. The van der Waals surface area contributed by atoms with Gasteiger partial charge >= 0.3 is 0 Å². The van der Waals surface area contributed by atoms with E-state index in [2.05, 4.69) is 10.5 Å². The number of carbonyl (C=O) groups excluding carboxylic acids is 1. The first kappa shape index (κ1) is 14.7. The lowest BCUT2D eigenvalue weighted by Gasteiger charge is -2.07. The van der Waals surface area contributed by atoms with E-state index in [4.69, 9.17) is 0 Å². The number of phenolic OH excluding ortho intramolecular Hbond substituents is 1. The summed E-state index contributed by atoms with van der Waals surface area (Å²) in [6.45, 7) is 1.86. The van der Waals surface area contributed by atoms with Gasteiger partial charge in [0.05, 0.1) is 5.71 Å². The lowest BCUT2D eigenvalue weighted by atomic mass is 10.1. The lowest BCUT2D eigenvalue weighted by Crippen LogP contribution is -2.20. The summed E-state index contributed by atoms with van der Waals surface area (Å²) in [7, 11) is 0. The number of aromatic hydroxyl groups is 1. The van der Waals surface area contributed by atoms with Crippen LogP contribution in [0, 0.1) is 5.82 Å². The quantitative estimate of drug-likeness (QED) is 0.670. The van der Waals surface area contributed by atoms with Crippen molar-refractivity contribution >= 4 is 11.6 Å². The van der Waals surface area contributed by atoms with Crippen molar-refractivity contribution in [1.82, 2.24) is 5.43 Å². The number of hydrogen-bond acceptors (Lipinski definition) is 3. The van der Waals surface area contributed by atoms with Crippen LogP contribution in [0.15, 0.2) is 53.6 Å². The molecule has 2 aromatic rings. The molecule has 2 rings (SSSR count). The van der Waals surface area contributed by atoms with Gasteiger partial charge in [-0.15, -0.1) is 0 Å². The van der Waals surface area contributed by atoms with Crippen LogP contribution in [-0.2, 0) is 0 Å². The third-order valence-corrected chi connectivity index (χ3v) is 2.93. The van der Waals surface area contributed by atoms with Crippen molar-refractivity contribution in [3.05, 3.63) is 65.5 Å². The maximum atomic E-state index is 13.1. The van der Waals surface area contributed by atoms with Crippen LogP contribution in [0.25, 0.3) is 0 Å². The molecule has 0 saturated carbocycles. The van der Waals surface area contributed by atoms with Gasteiger partial charge in [0.15, 0.2) is 0 Å². The molecule has 0 atom stereocenters. The van der Waals surface area contributed by atoms with Crippen LogP contribution >= 0.6 is 0 Å². The molecule has 2 N–H and O–H groups in total. The Morgan fingerprint density at radius 2 is 2.00 bits per heavy atom. The van der Waals surface area contributed by atoms with E-state index < -0.39 is 11.7 Å². The summed E-state index contributed by atoms with van der Waals surface area (Å²) < 4.78 is 13.1. The number of hydrogen-bond donors (Lipinski definition) is 2. The minimum Gasteiger partial charge on any atom is -0.507 e. The van der Waals surface area contributed by atoms with Gasteiger partial charge in [-0.05, 0) is 36.8 Å². The molecule has 0 bridgehead atoms. The van der Waals surface area contributed by atoms with Gasteiger partial charge in [-0.2, -0.15) is 5.10 Å². The van der Waals surface area contributed by atoms with Gasteiger partial charge in [0.25, 0.3) is 5.91 Å². The molecule has 0 unspecified atom stereocenters. The topological polar surface area (TPSA) is 61.7 Å². The second kappa shape index (κ2) is 6.65. The Kier molecular flexibility index (Phi) is 4.66. The summed E-state index contributed by atoms with van der Waals surface area (Å²) in [5.74, 6) is -0.892. The minimum atomic E-state index is -0.504. The molecule has 0 aromatic heterocycles. The molecule has 0 heterocycles. The zero-order valence-corrected chi connectivity index (χ0v) is 11.5. The fourth-order valence-corrected chi connectivity index (χ4v) is 1.86. The average molecular weight is 286 g/mol. The number of benzene rings is 2. The molecule has 0 aliphatic rings. The molecule has 4 nitrogen and oxygen atoms in total. The normalized spacial score (nSPS) is 11.2. The molecule has 0 spiro atoms. The van der Waals surface area contributed by atoms with Gasteiger partial charge in [0, 0.05) is 11.1 Å². The smallest absolute Gasteiger partial charge is 0.271 e. The third kappa shape index (κ3) is 3.66. The number of halogens is 1. The first-order valence-corrected chi connectivity index (χ1v) is 6.52. The van der Waals surface area contributed by atoms with E-state index in [0.717, 1.165) is 6.07 Å². The first-order valence-electron chi connectivity index (χ1n) is 6.52. The van der Waals surface area contributed by atoms with Crippen LogP contribution in [0.2, 0.25) is 0 Å². The molecule has 0 saturated heterocycles. The molecule has 0 aliphatic carbocycles. The first-order chi connectivity index (χ1) is 10.1. The number of nitrogens with zero attached hydrogens (tertiary/aromatic N) is 1. The highest BCUT2D eigenvalue weighted by atomic mass is 19.1. The molecule has 5 heteroatoms. The Labute approximate surface area is 121 Å². The Balaban J connectivity index is 2.19. The van der Waals surface area contributed by atoms with Crippen molar-refractivity contribution < 1.29 is 14.3 Å². The van der Waals surface area contributed by atoms with E-state index in [1.165, 1.54) is 18.2 Å². The van der Waals surface area contributed by atoms with E-state index in [1.807, 2.05) is 6.92 Å². The third-order valence-electron chi connectivity index (χ3n) is 2.93. The molecule has 1 amide bonds. The summed E-state index contributed by atoms with van der Waals surface area (Å²) in [4.78, 5) is 11.9. The zero-order valence-electron chi connectivity index (χ0n) is 11.5. The minimum absolute atomic E-state index is 0.0955. The molecule has 21 heavy (non-hydrogen) atoms. The molecule has 2 aromatic carbocycles. The van der Waals surface area contributed by atoms with Crippen molar-refractivity contribution in [3.8, 4) is 5.75 Å². The summed E-state index contributed by atoms with van der Waals surface area (Å²) in [6.07, 6.45) is 0.529. The predicted molar refractivity (Wildman–Crippen MR) is 78.8 cm³/mol. The highest BCUT2D eigenvalue weighted by Gasteiger charge is 2.09. The maximum absolute atomic E-state index is 13.1. The van der Waals surface area contributed by atoms with E-state index in [0.29, 0.717) is 17.7 Å². The number of hydrazone groups is 1. The number of para-hydroxylation sites is 1. The van der Waals surface area contributed by atoms with E-state index in [1.54, 1.807) is 24.3 Å². The molecule has 0 radical (unpaired) electrons. The van der Waals surface area contributed by atoms with Gasteiger partial charge in [0.1, 0.15) is 11.6 Å². The summed E-state index contributed by atoms with van der Waals surface area (Å²) >= 11 is 0. The number of phenols is 1. The van der Waals surface area contributed by atoms with Crippen LogP contribution < -0.4 is 5.43 Å². The van der Waals surface area contributed by atoms with E-state index >= 15 is 0 Å². The SMILES string of the molecule is CC/C(=N\NC(=O)c1cccc(F)c1)c1ccccc1O. The standard InChI is InChI=1S/C16H15FN2O2/c1-2-14(13-8-3-4-9-15(13)20)18-19-16(21)11-6-5-7-12(17)10-11/h3-10,20H,2H2,1H3,(H,19,21)/b18-14+. The Morgan fingerprint density at radius 1 is 1.24 bits per heavy atom. The Bertz CT molecular complexity index is 683. The fraction of sp³-hybridized carbons (Fsp3) is 0.125. The molecule has 108 valence electrons. The summed E-state index contributed by atoms with van der Waals surface area (Å²) in [6, 6.07) is 12.1. The Morgan fingerprint density at radius 3 is 2.67 bits per heavy atom. The van der Waals surface area contributed by atoms with Crippen LogP contribution in [-0.4, -0.2) is 16.7 Å². The van der Waals surface area contributed by atoms with Crippen molar-refractivity contribution in [2.24, 2.45) is 5.10 Å². The second-order valence-corrected chi connectivity index (χ2v) is 4.38. The number of nitrogens with one attached hydrogen (secondary N) is 1. The molecule has 0 aliphatic heterocycles. The van der Waals surface area contributed by atoms with Crippen LogP contribution in [0.5, 0.6) is 5.75 Å². The largest absolute Gasteiger partial charge is 0.507 e. The summed E-state index contributed by atoms with van der Waals surface area (Å²) in [5.41, 5.74) is 3.66. The summed E-state index contributed by atoms with van der Waals surface area (Å²) in [5, 5.41) is 13.8. The monoisotopic (exact) mass is 286 g/mol. The second-order valence-electron chi connectivity index (χ2n) is 4.38. The van der Waals surface area contributed by atoms with Gasteiger partial charge in [-0.1, -0.05) is 25.1 Å². The molecular formula is C16H15FN2O2. The predicted octanol–water partition coefficient (Wildman–Crippen LogP) is 3.08. The highest BCUT2D eigenvalue weighted by molar-refractivity contribution is 6.03.